The van der Waals surface area contributed by atoms with Crippen LogP contribution in [0.15, 0.2) is 0 Å². The van der Waals surface area contributed by atoms with E-state index in [4.69, 9.17) is 24.4 Å². The number of carboxylic acid groups (broad SMARTS) is 1. The molecule has 0 aromatic rings. The third-order valence-electron chi connectivity index (χ3n) is 3.95. The Morgan fingerprint density at radius 1 is 0.875 bits per heavy atom. The molecular weight excluding hydrogens is 336 g/mol. The first-order valence-electron chi connectivity index (χ1n) is 7.07. The van der Waals surface area contributed by atoms with Crippen molar-refractivity contribution in [1.29, 1.82) is 0 Å². The first-order chi connectivity index (χ1) is 11.2. The van der Waals surface area contributed by atoms with E-state index in [0.717, 1.165) is 0 Å². The summed E-state index contributed by atoms with van der Waals surface area (Å²) in [6.45, 7) is -0.698. The van der Waals surface area contributed by atoms with Gasteiger partial charge < -0.3 is 55.1 Å². The molecule has 0 radical (unpaired) electrons. The number of carboxylic acids is 1. The van der Waals surface area contributed by atoms with Gasteiger partial charge in [0, 0.05) is 0 Å². The molecule has 0 amide bonds. The SMILES string of the molecule is O=C(O)[C@H]1O[C@H](O[C@@H]2[C@@H](O)[C@@H](O)[C@@H](CO)O[C@H]2O)[C@H](O)[C@@H](O)[C@@H]1O. The molecule has 12 heteroatoms. The highest BCUT2D eigenvalue weighted by Gasteiger charge is 2.51. The molecule has 8 N–H and O–H groups in total. The van der Waals surface area contributed by atoms with E-state index in [0.29, 0.717) is 0 Å². The molecule has 12 nitrogen and oxygen atoms in total. The predicted molar refractivity (Wildman–Crippen MR) is 69.2 cm³/mol. The Labute approximate surface area is 135 Å². The van der Waals surface area contributed by atoms with Gasteiger partial charge in [-0.15, -0.1) is 0 Å². The third-order valence-corrected chi connectivity index (χ3v) is 3.95. The smallest absolute Gasteiger partial charge is 0.335 e. The van der Waals surface area contributed by atoms with E-state index in [1.807, 2.05) is 0 Å². The van der Waals surface area contributed by atoms with E-state index in [-0.39, 0.29) is 0 Å². The molecular formula is C12H20O12. The van der Waals surface area contributed by atoms with Gasteiger partial charge in [-0.25, -0.2) is 4.79 Å². The van der Waals surface area contributed by atoms with Crippen molar-refractivity contribution in [2.45, 2.75) is 61.4 Å². The van der Waals surface area contributed by atoms with Crippen LogP contribution in [0.1, 0.15) is 0 Å². The van der Waals surface area contributed by atoms with E-state index in [1.165, 1.54) is 0 Å². The highest BCUT2D eigenvalue weighted by Crippen LogP contribution is 2.28. The zero-order chi connectivity index (χ0) is 18.2. The Bertz CT molecular complexity index is 446. The van der Waals surface area contributed by atoms with Gasteiger partial charge in [-0.2, -0.15) is 0 Å². The van der Waals surface area contributed by atoms with E-state index >= 15 is 0 Å². The van der Waals surface area contributed by atoms with Gasteiger partial charge in [0.05, 0.1) is 6.61 Å². The van der Waals surface area contributed by atoms with Crippen molar-refractivity contribution in [1.82, 2.24) is 0 Å². The van der Waals surface area contributed by atoms with Crippen molar-refractivity contribution in [3.05, 3.63) is 0 Å². The average molecular weight is 356 g/mol. The van der Waals surface area contributed by atoms with Crippen molar-refractivity contribution < 1.29 is 59.9 Å². The molecule has 0 aliphatic carbocycles. The number of rotatable bonds is 4. The zero-order valence-corrected chi connectivity index (χ0v) is 12.2. The number of aliphatic carboxylic acids is 1. The van der Waals surface area contributed by atoms with Crippen LogP contribution < -0.4 is 0 Å². The molecule has 0 spiro atoms. The molecule has 2 heterocycles. The maximum absolute atomic E-state index is 11.0. The summed E-state index contributed by atoms with van der Waals surface area (Å²) >= 11 is 0. The molecule has 2 aliphatic rings. The van der Waals surface area contributed by atoms with Crippen molar-refractivity contribution in [2.24, 2.45) is 0 Å². The van der Waals surface area contributed by atoms with Crippen LogP contribution in [0.2, 0.25) is 0 Å². The van der Waals surface area contributed by atoms with Crippen LogP contribution in [0, 0.1) is 0 Å². The molecule has 2 rings (SSSR count). The van der Waals surface area contributed by atoms with Gasteiger partial charge in [0.1, 0.15) is 42.7 Å². The van der Waals surface area contributed by atoms with Gasteiger partial charge in [-0.05, 0) is 0 Å². The molecule has 24 heavy (non-hydrogen) atoms. The molecule has 0 bridgehead atoms. The third kappa shape index (κ3) is 3.52. The first kappa shape index (κ1) is 19.4. The number of carbonyl (C=O) groups is 1. The summed E-state index contributed by atoms with van der Waals surface area (Å²) in [6, 6.07) is 0. The molecule has 10 atom stereocenters. The van der Waals surface area contributed by atoms with E-state index in [9.17, 15) is 35.4 Å². The lowest BCUT2D eigenvalue weighted by molar-refractivity contribution is -0.357. The van der Waals surface area contributed by atoms with E-state index < -0.39 is 74.0 Å². The Kier molecular flexibility index (Phi) is 6.09. The lowest BCUT2D eigenvalue weighted by Gasteiger charge is -2.44. The normalized spacial score (nSPS) is 49.8. The van der Waals surface area contributed by atoms with Gasteiger partial charge in [-0.1, -0.05) is 0 Å². The van der Waals surface area contributed by atoms with Crippen LogP contribution in [-0.4, -0.2) is 115 Å². The first-order valence-corrected chi connectivity index (χ1v) is 7.07. The fourth-order valence-corrected chi connectivity index (χ4v) is 2.54. The minimum Gasteiger partial charge on any atom is -0.479 e. The summed E-state index contributed by atoms with van der Waals surface area (Å²) in [7, 11) is 0. The van der Waals surface area contributed by atoms with E-state index in [2.05, 4.69) is 0 Å². The van der Waals surface area contributed by atoms with Crippen molar-refractivity contribution in [3.8, 4) is 0 Å². The number of hydrogen-bond acceptors (Lipinski definition) is 11. The minimum atomic E-state index is -1.93. The molecule has 0 unspecified atom stereocenters. The Morgan fingerprint density at radius 3 is 2.04 bits per heavy atom. The molecule has 2 aliphatic heterocycles. The number of hydrogen-bond donors (Lipinski definition) is 8. The molecule has 2 fully saturated rings. The number of ether oxygens (including phenoxy) is 3. The number of aliphatic hydroxyl groups is 7. The summed E-state index contributed by atoms with van der Waals surface area (Å²) in [4.78, 5) is 11.0. The maximum Gasteiger partial charge on any atom is 0.335 e. The minimum absolute atomic E-state index is 0.698. The van der Waals surface area contributed by atoms with Crippen LogP contribution in [-0.2, 0) is 19.0 Å². The second kappa shape index (κ2) is 7.53. The van der Waals surface area contributed by atoms with Gasteiger partial charge in [0.15, 0.2) is 18.7 Å². The summed E-state index contributed by atoms with van der Waals surface area (Å²) in [5, 5.41) is 76.4. The largest absolute Gasteiger partial charge is 0.479 e. The maximum atomic E-state index is 11.0. The van der Waals surface area contributed by atoms with Crippen molar-refractivity contribution >= 4 is 5.97 Å². The van der Waals surface area contributed by atoms with E-state index in [1.54, 1.807) is 0 Å². The lowest BCUT2D eigenvalue weighted by atomic mass is 9.97. The van der Waals surface area contributed by atoms with Crippen molar-refractivity contribution in [3.63, 3.8) is 0 Å². The van der Waals surface area contributed by atoms with Crippen LogP contribution in [0.3, 0.4) is 0 Å². The van der Waals surface area contributed by atoms with Crippen molar-refractivity contribution in [2.75, 3.05) is 6.61 Å². The fourth-order valence-electron chi connectivity index (χ4n) is 2.54. The molecule has 0 aromatic carbocycles. The second-order valence-corrected chi connectivity index (χ2v) is 5.56. The van der Waals surface area contributed by atoms with Crippen LogP contribution >= 0.6 is 0 Å². The van der Waals surface area contributed by atoms with Gasteiger partial charge >= 0.3 is 5.97 Å². The number of aliphatic hydroxyl groups excluding tert-OH is 7. The van der Waals surface area contributed by atoms with Crippen LogP contribution in [0.25, 0.3) is 0 Å². The molecule has 0 aromatic heterocycles. The molecule has 0 saturated carbocycles. The molecule has 2 saturated heterocycles. The Hall–Kier alpha value is -0.930. The quantitative estimate of drug-likeness (QED) is 0.238. The van der Waals surface area contributed by atoms with Gasteiger partial charge in [0.2, 0.25) is 0 Å². The predicted octanol–water partition coefficient (Wildman–Crippen LogP) is -5.30. The fraction of sp³-hybridized carbons (Fsp3) is 0.917. The van der Waals surface area contributed by atoms with Gasteiger partial charge in [-0.3, -0.25) is 0 Å². The Morgan fingerprint density at radius 2 is 1.50 bits per heavy atom. The monoisotopic (exact) mass is 356 g/mol. The summed E-state index contributed by atoms with van der Waals surface area (Å²) in [5.74, 6) is -1.64. The molecule has 140 valence electrons. The summed E-state index contributed by atoms with van der Waals surface area (Å²) < 4.78 is 14.7. The zero-order valence-electron chi connectivity index (χ0n) is 12.2. The highest BCUT2D eigenvalue weighted by atomic mass is 16.7. The summed E-state index contributed by atoms with van der Waals surface area (Å²) in [5.41, 5.74) is 0. The topological polar surface area (TPSA) is 207 Å². The highest BCUT2D eigenvalue weighted by molar-refractivity contribution is 5.73. The average Bonchev–Trinajstić information content (AvgIpc) is 2.54. The van der Waals surface area contributed by atoms with Crippen LogP contribution in [0.5, 0.6) is 0 Å². The standard InChI is InChI=1S/C12H20O12/c13-1-2-3(14)5(16)9(11(21)22-2)24-12-7(18)4(15)6(17)8(23-12)10(19)20/h2-9,11-18,21H,1H2,(H,19,20)/t2-,3+,4+,5+,6+,7-,8+,9-,11-,12-/m1/s1. The second-order valence-electron chi connectivity index (χ2n) is 5.56. The van der Waals surface area contributed by atoms with Crippen LogP contribution in [0.4, 0.5) is 0 Å². The Balaban J connectivity index is 2.12. The lowest BCUT2D eigenvalue weighted by Crippen LogP contribution is -2.64. The summed E-state index contributed by atoms with van der Waals surface area (Å²) in [6.07, 6.45) is -17.8. The van der Waals surface area contributed by atoms with Gasteiger partial charge in [0.25, 0.3) is 0 Å².